The Balaban J connectivity index is 2.65. The van der Waals surface area contributed by atoms with Crippen molar-refractivity contribution in [2.45, 2.75) is 51.7 Å². The number of esters is 1. The smallest absolute Gasteiger partial charge is 0.408 e. The number of ketones is 1. The highest BCUT2D eigenvalue weighted by atomic mass is 16.6. The normalized spacial score (nSPS) is 16.4. The number of methoxy groups -OCH3 is 1. The monoisotopic (exact) mass is 283 g/mol. The lowest BCUT2D eigenvalue weighted by atomic mass is 10.1. The molecule has 1 atom stereocenters. The van der Waals surface area contributed by atoms with E-state index in [4.69, 9.17) is 4.74 Å². The van der Waals surface area contributed by atoms with Crippen LogP contribution >= 0.6 is 0 Å². The zero-order valence-electron chi connectivity index (χ0n) is 12.3. The van der Waals surface area contributed by atoms with Gasteiger partial charge in [-0.05, 0) is 39.7 Å². The van der Waals surface area contributed by atoms with Gasteiger partial charge in [-0.15, -0.1) is 0 Å². The molecule has 0 heterocycles. The average Bonchev–Trinajstić information content (AvgIpc) is 2.70. The van der Waals surface area contributed by atoms with Gasteiger partial charge in [0.15, 0.2) is 5.78 Å². The van der Waals surface area contributed by atoms with Crippen LogP contribution in [0.2, 0.25) is 0 Å². The summed E-state index contributed by atoms with van der Waals surface area (Å²) in [5.41, 5.74) is 0.189. The van der Waals surface area contributed by atoms with Crippen LogP contribution in [0.1, 0.15) is 40.0 Å². The van der Waals surface area contributed by atoms with Crippen molar-refractivity contribution in [1.82, 2.24) is 5.32 Å². The Kier molecular flexibility index (Phi) is 5.30. The molecule has 0 aliphatic heterocycles. The topological polar surface area (TPSA) is 81.7 Å². The number of carbonyl (C=O) groups is 3. The van der Waals surface area contributed by atoms with E-state index in [1.54, 1.807) is 20.8 Å². The largest absolute Gasteiger partial charge is 0.467 e. The lowest BCUT2D eigenvalue weighted by Crippen LogP contribution is -2.44. The first kappa shape index (κ1) is 16.2. The highest BCUT2D eigenvalue weighted by Gasteiger charge is 2.27. The third kappa shape index (κ3) is 5.42. The van der Waals surface area contributed by atoms with Gasteiger partial charge >= 0.3 is 12.1 Å². The van der Waals surface area contributed by atoms with E-state index in [1.165, 1.54) is 13.2 Å². The van der Waals surface area contributed by atoms with Gasteiger partial charge in [0, 0.05) is 6.42 Å². The molecule has 0 radical (unpaired) electrons. The van der Waals surface area contributed by atoms with Crippen LogP contribution in [-0.2, 0) is 19.1 Å². The number of amides is 1. The molecule has 1 amide bonds. The minimum atomic E-state index is -0.841. The molecular formula is C14H21NO5. The van der Waals surface area contributed by atoms with E-state index in [0.717, 1.165) is 5.57 Å². The standard InChI is InChI=1S/C14H21NO5/c1-14(2,3)20-13(18)15-11(12(17)19-4)8-9-5-6-10(16)7-9/h7,11H,5-6,8H2,1-4H3,(H,15,18). The lowest BCUT2D eigenvalue weighted by molar-refractivity contribution is -0.143. The van der Waals surface area contributed by atoms with Crippen LogP contribution in [0.4, 0.5) is 4.79 Å². The fourth-order valence-corrected chi connectivity index (χ4v) is 1.86. The van der Waals surface area contributed by atoms with Crippen LogP contribution in [-0.4, -0.2) is 36.6 Å². The number of allylic oxidation sites excluding steroid dienone is 1. The molecule has 1 aliphatic carbocycles. The summed E-state index contributed by atoms with van der Waals surface area (Å²) in [4.78, 5) is 34.6. The Labute approximate surface area is 118 Å². The SMILES string of the molecule is COC(=O)C(CC1=CC(=O)CC1)NC(=O)OC(C)(C)C. The highest BCUT2D eigenvalue weighted by molar-refractivity contribution is 5.93. The van der Waals surface area contributed by atoms with Gasteiger partial charge in [-0.1, -0.05) is 5.57 Å². The van der Waals surface area contributed by atoms with Crippen molar-refractivity contribution in [3.63, 3.8) is 0 Å². The van der Waals surface area contributed by atoms with Crippen molar-refractivity contribution in [3.8, 4) is 0 Å². The van der Waals surface area contributed by atoms with Crippen molar-refractivity contribution < 1.29 is 23.9 Å². The highest BCUT2D eigenvalue weighted by Crippen LogP contribution is 2.20. The second-order valence-corrected chi connectivity index (χ2v) is 5.69. The summed E-state index contributed by atoms with van der Waals surface area (Å²) < 4.78 is 9.76. The van der Waals surface area contributed by atoms with Crippen LogP contribution in [0.15, 0.2) is 11.6 Å². The predicted molar refractivity (Wildman–Crippen MR) is 72.1 cm³/mol. The first-order chi connectivity index (χ1) is 9.21. The Morgan fingerprint density at radius 1 is 1.35 bits per heavy atom. The van der Waals surface area contributed by atoms with Gasteiger partial charge in [-0.3, -0.25) is 4.79 Å². The van der Waals surface area contributed by atoms with Crippen LogP contribution in [0.25, 0.3) is 0 Å². The Hall–Kier alpha value is -1.85. The molecular weight excluding hydrogens is 262 g/mol. The predicted octanol–water partition coefficient (Wildman–Crippen LogP) is 1.73. The van der Waals surface area contributed by atoms with E-state index in [9.17, 15) is 14.4 Å². The van der Waals surface area contributed by atoms with Gasteiger partial charge in [0.1, 0.15) is 11.6 Å². The van der Waals surface area contributed by atoms with Gasteiger partial charge in [0.05, 0.1) is 7.11 Å². The summed E-state index contributed by atoms with van der Waals surface area (Å²) >= 11 is 0. The van der Waals surface area contributed by atoms with Crippen molar-refractivity contribution >= 4 is 17.8 Å². The maximum atomic E-state index is 11.7. The molecule has 20 heavy (non-hydrogen) atoms. The third-order valence-electron chi connectivity index (χ3n) is 2.70. The number of alkyl carbamates (subject to hydrolysis) is 1. The van der Waals surface area contributed by atoms with Crippen LogP contribution in [0, 0.1) is 0 Å². The minimum absolute atomic E-state index is 0.0425. The number of rotatable bonds is 4. The van der Waals surface area contributed by atoms with Gasteiger partial charge in [0.2, 0.25) is 0 Å². The van der Waals surface area contributed by atoms with Gasteiger partial charge in [-0.2, -0.15) is 0 Å². The molecule has 6 nitrogen and oxygen atoms in total. The van der Waals surface area contributed by atoms with Crippen LogP contribution in [0.5, 0.6) is 0 Å². The molecule has 0 spiro atoms. The molecule has 1 N–H and O–H groups in total. The molecule has 6 heteroatoms. The van der Waals surface area contributed by atoms with Crippen molar-refractivity contribution in [3.05, 3.63) is 11.6 Å². The quantitative estimate of drug-likeness (QED) is 0.795. The zero-order valence-corrected chi connectivity index (χ0v) is 12.3. The van der Waals surface area contributed by atoms with Gasteiger partial charge in [0.25, 0.3) is 0 Å². The van der Waals surface area contributed by atoms with E-state index in [1.807, 2.05) is 0 Å². The molecule has 0 aromatic rings. The molecule has 0 saturated heterocycles. The Bertz CT molecular complexity index is 433. The van der Waals surface area contributed by atoms with E-state index in [2.05, 4.69) is 10.1 Å². The molecule has 1 unspecified atom stereocenters. The van der Waals surface area contributed by atoms with Crippen LogP contribution < -0.4 is 5.32 Å². The van der Waals surface area contributed by atoms with Crippen LogP contribution in [0.3, 0.4) is 0 Å². The van der Waals surface area contributed by atoms with Crippen molar-refractivity contribution in [2.75, 3.05) is 7.11 Å². The van der Waals surface area contributed by atoms with Crippen molar-refractivity contribution in [1.29, 1.82) is 0 Å². The first-order valence-electron chi connectivity index (χ1n) is 6.51. The molecule has 0 aromatic heterocycles. The maximum absolute atomic E-state index is 11.7. The fourth-order valence-electron chi connectivity index (χ4n) is 1.86. The summed E-state index contributed by atoms with van der Waals surface area (Å²) in [6, 6.07) is -0.841. The number of hydrogen-bond donors (Lipinski definition) is 1. The molecule has 0 fully saturated rings. The molecule has 112 valence electrons. The Morgan fingerprint density at radius 2 is 2.00 bits per heavy atom. The summed E-state index contributed by atoms with van der Waals surface area (Å²) in [5, 5.41) is 2.48. The van der Waals surface area contributed by atoms with E-state index >= 15 is 0 Å². The van der Waals surface area contributed by atoms with Crippen molar-refractivity contribution in [2.24, 2.45) is 0 Å². The molecule has 1 aliphatic rings. The Morgan fingerprint density at radius 3 is 2.45 bits per heavy atom. The second kappa shape index (κ2) is 6.54. The summed E-state index contributed by atoms with van der Waals surface area (Å²) in [6.07, 6.45) is 2.17. The first-order valence-corrected chi connectivity index (χ1v) is 6.51. The van der Waals surface area contributed by atoms with Gasteiger partial charge < -0.3 is 14.8 Å². The number of ether oxygens (including phenoxy) is 2. The number of hydrogen-bond acceptors (Lipinski definition) is 5. The number of carbonyl (C=O) groups excluding carboxylic acids is 3. The van der Waals surface area contributed by atoms with E-state index in [0.29, 0.717) is 12.8 Å². The average molecular weight is 283 g/mol. The minimum Gasteiger partial charge on any atom is -0.467 e. The van der Waals surface area contributed by atoms with Gasteiger partial charge in [-0.25, -0.2) is 9.59 Å². The third-order valence-corrected chi connectivity index (χ3v) is 2.70. The fraction of sp³-hybridized carbons (Fsp3) is 0.643. The number of nitrogens with one attached hydrogen (secondary N) is 1. The molecule has 0 bridgehead atoms. The van der Waals surface area contributed by atoms with E-state index in [-0.39, 0.29) is 12.2 Å². The molecule has 1 rings (SSSR count). The lowest BCUT2D eigenvalue weighted by Gasteiger charge is -2.22. The molecule has 0 aromatic carbocycles. The zero-order chi connectivity index (χ0) is 15.3. The summed E-state index contributed by atoms with van der Waals surface area (Å²) in [6.45, 7) is 5.20. The second-order valence-electron chi connectivity index (χ2n) is 5.69. The van der Waals surface area contributed by atoms with E-state index < -0.39 is 23.7 Å². The molecule has 0 saturated carbocycles. The maximum Gasteiger partial charge on any atom is 0.408 e. The summed E-state index contributed by atoms with van der Waals surface area (Å²) in [7, 11) is 1.25. The summed E-state index contributed by atoms with van der Waals surface area (Å²) in [5.74, 6) is -0.517.